The van der Waals surface area contributed by atoms with E-state index in [0.717, 1.165) is 16.7 Å². The third kappa shape index (κ3) is 5.35. The average molecular weight is 339 g/mol. The third-order valence-corrected chi connectivity index (χ3v) is 5.65. The molecule has 1 fully saturated rings. The molecule has 7 heteroatoms. The fourth-order valence-corrected chi connectivity index (χ4v) is 4.13. The van der Waals surface area contributed by atoms with E-state index < -0.39 is 21.7 Å². The predicted octanol–water partition coefficient (Wildman–Crippen LogP) is 0.692. The lowest BCUT2D eigenvalue weighted by Crippen LogP contribution is -2.38. The monoisotopic (exact) mass is 339 g/mol. The molecule has 1 aromatic carbocycles. The predicted molar refractivity (Wildman–Crippen MR) is 85.8 cm³/mol. The summed E-state index contributed by atoms with van der Waals surface area (Å²) in [4.78, 5) is 23.4. The number of rotatable bonds is 5. The Morgan fingerprint density at radius 3 is 2.61 bits per heavy atom. The Labute approximate surface area is 136 Å². The Morgan fingerprint density at radius 1 is 1.26 bits per heavy atom. The van der Waals surface area contributed by atoms with Crippen LogP contribution in [0.25, 0.3) is 0 Å². The zero-order valence-electron chi connectivity index (χ0n) is 13.3. The summed E-state index contributed by atoms with van der Waals surface area (Å²) in [6, 6.07) is 5.32. The summed E-state index contributed by atoms with van der Waals surface area (Å²) in [6.45, 7) is 3.57. The van der Waals surface area contributed by atoms with Crippen molar-refractivity contribution in [1.29, 1.82) is 0 Å². The van der Waals surface area contributed by atoms with Gasteiger partial charge in [0.25, 0.3) is 5.91 Å². The van der Waals surface area contributed by atoms with Gasteiger partial charge in [-0.3, -0.25) is 9.59 Å². The first-order valence-corrected chi connectivity index (χ1v) is 9.29. The van der Waals surface area contributed by atoms with E-state index in [1.54, 1.807) is 0 Å². The number of aryl methyl sites for hydroxylation is 2. The SMILES string of the molecule is Cc1ccc(CC(=O)OCC(=O)N[C@H]2CCS(=O)(=O)C2)cc1C. The smallest absolute Gasteiger partial charge is 0.310 e. The Bertz CT molecular complexity index is 711. The van der Waals surface area contributed by atoms with Gasteiger partial charge in [0.15, 0.2) is 16.4 Å². The van der Waals surface area contributed by atoms with Crippen LogP contribution in [-0.2, 0) is 30.6 Å². The van der Waals surface area contributed by atoms with Gasteiger partial charge in [0.2, 0.25) is 0 Å². The third-order valence-electron chi connectivity index (χ3n) is 3.88. The van der Waals surface area contributed by atoms with Gasteiger partial charge in [-0.25, -0.2) is 8.42 Å². The van der Waals surface area contributed by atoms with Crippen molar-refractivity contribution in [3.8, 4) is 0 Å². The van der Waals surface area contributed by atoms with Crippen molar-refractivity contribution in [2.24, 2.45) is 0 Å². The molecule has 0 radical (unpaired) electrons. The highest BCUT2D eigenvalue weighted by atomic mass is 32.2. The molecule has 0 aliphatic carbocycles. The van der Waals surface area contributed by atoms with E-state index in [4.69, 9.17) is 4.74 Å². The molecule has 1 aliphatic heterocycles. The number of hydrogen-bond donors (Lipinski definition) is 1. The topological polar surface area (TPSA) is 89.5 Å². The molecule has 1 aliphatic rings. The molecule has 0 bridgehead atoms. The molecule has 1 aromatic rings. The van der Waals surface area contributed by atoms with E-state index in [0.29, 0.717) is 6.42 Å². The van der Waals surface area contributed by atoms with Gasteiger partial charge in [-0.15, -0.1) is 0 Å². The molecule has 1 amide bonds. The molecule has 1 heterocycles. The van der Waals surface area contributed by atoms with Crippen LogP contribution in [0, 0.1) is 13.8 Å². The summed E-state index contributed by atoms with van der Waals surface area (Å²) >= 11 is 0. The van der Waals surface area contributed by atoms with Gasteiger partial charge in [0.1, 0.15) is 0 Å². The Hall–Kier alpha value is -1.89. The van der Waals surface area contributed by atoms with Gasteiger partial charge in [0.05, 0.1) is 17.9 Å². The number of carbonyl (C=O) groups is 2. The van der Waals surface area contributed by atoms with Crippen LogP contribution < -0.4 is 5.32 Å². The maximum atomic E-state index is 11.8. The van der Waals surface area contributed by atoms with Gasteiger partial charge < -0.3 is 10.1 Å². The number of hydrogen-bond acceptors (Lipinski definition) is 5. The number of carbonyl (C=O) groups excluding carboxylic acids is 2. The second-order valence-electron chi connectivity index (χ2n) is 5.92. The minimum atomic E-state index is -3.04. The number of esters is 1. The van der Waals surface area contributed by atoms with E-state index >= 15 is 0 Å². The fourth-order valence-electron chi connectivity index (χ4n) is 2.46. The zero-order chi connectivity index (χ0) is 17.0. The lowest BCUT2D eigenvalue weighted by Gasteiger charge is -2.11. The highest BCUT2D eigenvalue weighted by molar-refractivity contribution is 7.91. The minimum absolute atomic E-state index is 0.0463. The van der Waals surface area contributed by atoms with Gasteiger partial charge in [-0.2, -0.15) is 0 Å². The lowest BCUT2D eigenvalue weighted by molar-refractivity contribution is -0.148. The van der Waals surface area contributed by atoms with Gasteiger partial charge in [-0.1, -0.05) is 18.2 Å². The van der Waals surface area contributed by atoms with Crippen LogP contribution in [0.2, 0.25) is 0 Å². The summed E-state index contributed by atoms with van der Waals surface area (Å²) in [5, 5.41) is 2.57. The molecule has 1 atom stereocenters. The molecule has 0 saturated carbocycles. The van der Waals surface area contributed by atoms with Gasteiger partial charge in [-0.05, 0) is 37.0 Å². The summed E-state index contributed by atoms with van der Waals surface area (Å²) in [5.41, 5.74) is 3.07. The maximum absolute atomic E-state index is 11.8. The first-order chi connectivity index (χ1) is 10.7. The van der Waals surface area contributed by atoms with Crippen molar-refractivity contribution in [1.82, 2.24) is 5.32 Å². The van der Waals surface area contributed by atoms with Crippen LogP contribution in [0.3, 0.4) is 0 Å². The Kier molecular flexibility index (Phi) is 5.41. The van der Waals surface area contributed by atoms with Crippen molar-refractivity contribution < 1.29 is 22.7 Å². The quantitative estimate of drug-likeness (QED) is 0.797. The second kappa shape index (κ2) is 7.12. The molecule has 23 heavy (non-hydrogen) atoms. The van der Waals surface area contributed by atoms with Crippen LogP contribution in [0.5, 0.6) is 0 Å². The molecule has 2 rings (SSSR count). The van der Waals surface area contributed by atoms with E-state index in [-0.39, 0.29) is 30.6 Å². The number of amides is 1. The van der Waals surface area contributed by atoms with E-state index in [1.165, 1.54) is 0 Å². The molecule has 0 spiro atoms. The first kappa shape index (κ1) is 17.5. The fraction of sp³-hybridized carbons (Fsp3) is 0.500. The van der Waals surface area contributed by atoms with Crippen molar-refractivity contribution >= 4 is 21.7 Å². The number of sulfone groups is 1. The van der Waals surface area contributed by atoms with E-state index in [2.05, 4.69) is 5.32 Å². The average Bonchev–Trinajstić information content (AvgIpc) is 2.80. The summed E-state index contributed by atoms with van der Waals surface area (Å²) in [7, 11) is -3.04. The molecule has 0 aromatic heterocycles. The molecule has 1 N–H and O–H groups in total. The largest absolute Gasteiger partial charge is 0.455 e. The second-order valence-corrected chi connectivity index (χ2v) is 8.15. The van der Waals surface area contributed by atoms with E-state index in [9.17, 15) is 18.0 Å². The van der Waals surface area contributed by atoms with Crippen LogP contribution in [0.15, 0.2) is 18.2 Å². The van der Waals surface area contributed by atoms with Crippen molar-refractivity contribution in [3.63, 3.8) is 0 Å². The molecular weight excluding hydrogens is 318 g/mol. The van der Waals surface area contributed by atoms with Crippen molar-refractivity contribution in [2.45, 2.75) is 32.7 Å². The highest BCUT2D eigenvalue weighted by Gasteiger charge is 2.29. The van der Waals surface area contributed by atoms with Crippen LogP contribution >= 0.6 is 0 Å². The summed E-state index contributed by atoms with van der Waals surface area (Å²) in [6.07, 6.45) is 0.511. The van der Waals surface area contributed by atoms with Crippen LogP contribution in [-0.4, -0.2) is 44.4 Å². The molecule has 6 nitrogen and oxygen atoms in total. The highest BCUT2D eigenvalue weighted by Crippen LogP contribution is 2.12. The Morgan fingerprint density at radius 2 is 2.00 bits per heavy atom. The standard InChI is InChI=1S/C16H21NO5S/c1-11-3-4-13(7-12(11)2)8-16(19)22-9-15(18)17-14-5-6-23(20,21)10-14/h3-4,7,14H,5-6,8-10H2,1-2H3,(H,17,18)/t14-/m0/s1. The van der Waals surface area contributed by atoms with E-state index in [1.807, 2.05) is 32.0 Å². The van der Waals surface area contributed by atoms with Gasteiger partial charge in [0, 0.05) is 6.04 Å². The number of ether oxygens (including phenoxy) is 1. The number of nitrogens with one attached hydrogen (secondary N) is 1. The lowest BCUT2D eigenvalue weighted by atomic mass is 10.0. The van der Waals surface area contributed by atoms with Crippen LogP contribution in [0.1, 0.15) is 23.1 Å². The molecule has 0 unspecified atom stereocenters. The summed E-state index contributed by atoms with van der Waals surface area (Å²) < 4.78 is 27.6. The zero-order valence-corrected chi connectivity index (χ0v) is 14.1. The normalized spacial score (nSPS) is 19.3. The molecular formula is C16H21NO5S. The van der Waals surface area contributed by atoms with Crippen molar-refractivity contribution in [3.05, 3.63) is 34.9 Å². The number of benzene rings is 1. The van der Waals surface area contributed by atoms with Gasteiger partial charge >= 0.3 is 5.97 Å². The first-order valence-electron chi connectivity index (χ1n) is 7.47. The minimum Gasteiger partial charge on any atom is -0.455 e. The molecule has 126 valence electrons. The van der Waals surface area contributed by atoms with Crippen LogP contribution in [0.4, 0.5) is 0 Å². The van der Waals surface area contributed by atoms with Crippen molar-refractivity contribution in [2.75, 3.05) is 18.1 Å². The maximum Gasteiger partial charge on any atom is 0.310 e. The summed E-state index contributed by atoms with van der Waals surface area (Å²) in [5.74, 6) is -0.914. The Balaban J connectivity index is 1.75. The molecule has 1 saturated heterocycles.